The van der Waals surface area contributed by atoms with Crippen molar-refractivity contribution < 1.29 is 9.53 Å². The van der Waals surface area contributed by atoms with Crippen LogP contribution in [0.2, 0.25) is 0 Å². The molecule has 4 heteroatoms. The highest BCUT2D eigenvalue weighted by Gasteiger charge is 2.20. The molecule has 0 aliphatic rings. The minimum absolute atomic E-state index is 0.0216. The number of amides is 1. The molecule has 0 unspecified atom stereocenters. The second kappa shape index (κ2) is 7.14. The summed E-state index contributed by atoms with van der Waals surface area (Å²) in [5.74, 6) is 0.0216. The van der Waals surface area contributed by atoms with Crippen LogP contribution < -0.4 is 10.6 Å². The highest BCUT2D eigenvalue weighted by Crippen LogP contribution is 2.18. The minimum atomic E-state index is -0.378. The van der Waals surface area contributed by atoms with Crippen LogP contribution in [-0.4, -0.2) is 26.2 Å². The van der Waals surface area contributed by atoms with Gasteiger partial charge >= 0.3 is 0 Å². The van der Waals surface area contributed by atoms with Crippen LogP contribution in [0.1, 0.15) is 27.2 Å². The molecule has 0 saturated carbocycles. The zero-order valence-electron chi connectivity index (χ0n) is 12.2. The summed E-state index contributed by atoms with van der Waals surface area (Å²) in [6, 6.07) is 7.74. The maximum Gasteiger partial charge on any atom is 0.229 e. The van der Waals surface area contributed by atoms with Crippen molar-refractivity contribution in [2.45, 2.75) is 27.2 Å². The summed E-state index contributed by atoms with van der Waals surface area (Å²) in [4.78, 5) is 11.8. The van der Waals surface area contributed by atoms with Crippen molar-refractivity contribution in [2.75, 3.05) is 30.9 Å². The quantitative estimate of drug-likeness (QED) is 0.776. The molecular weight excluding hydrogens is 240 g/mol. The predicted molar refractivity (Wildman–Crippen MR) is 79.5 cm³/mol. The Kier molecular flexibility index (Phi) is 5.83. The van der Waals surface area contributed by atoms with Crippen LogP contribution in [0, 0.1) is 5.41 Å². The summed E-state index contributed by atoms with van der Waals surface area (Å²) in [5.41, 5.74) is 1.49. The Morgan fingerprint density at radius 2 is 1.74 bits per heavy atom. The largest absolute Gasteiger partial charge is 0.385 e. The monoisotopic (exact) mass is 264 g/mol. The fourth-order valence-electron chi connectivity index (χ4n) is 1.44. The first kappa shape index (κ1) is 15.5. The molecule has 0 spiro atoms. The van der Waals surface area contributed by atoms with Crippen LogP contribution in [0.5, 0.6) is 0 Å². The van der Waals surface area contributed by atoms with Gasteiger partial charge in [0, 0.05) is 37.1 Å². The van der Waals surface area contributed by atoms with Crippen molar-refractivity contribution in [3.05, 3.63) is 24.3 Å². The number of benzene rings is 1. The molecule has 0 saturated heterocycles. The molecule has 0 aliphatic carbocycles. The van der Waals surface area contributed by atoms with Crippen molar-refractivity contribution in [1.29, 1.82) is 0 Å². The highest BCUT2D eigenvalue weighted by molar-refractivity contribution is 5.94. The highest BCUT2D eigenvalue weighted by atomic mass is 16.5. The van der Waals surface area contributed by atoms with E-state index in [-0.39, 0.29) is 11.3 Å². The van der Waals surface area contributed by atoms with Gasteiger partial charge in [0.1, 0.15) is 0 Å². The lowest BCUT2D eigenvalue weighted by molar-refractivity contribution is -0.123. The van der Waals surface area contributed by atoms with E-state index in [0.717, 1.165) is 30.9 Å². The maximum absolute atomic E-state index is 11.8. The average molecular weight is 264 g/mol. The maximum atomic E-state index is 11.8. The normalized spacial score (nSPS) is 11.2. The zero-order valence-corrected chi connectivity index (χ0v) is 12.2. The number of hydrogen-bond acceptors (Lipinski definition) is 3. The van der Waals surface area contributed by atoms with E-state index in [4.69, 9.17) is 4.74 Å². The van der Waals surface area contributed by atoms with Crippen LogP contribution in [-0.2, 0) is 9.53 Å². The summed E-state index contributed by atoms with van der Waals surface area (Å²) in [7, 11) is 1.70. The third-order valence-corrected chi connectivity index (χ3v) is 2.68. The topological polar surface area (TPSA) is 50.4 Å². The molecule has 4 nitrogen and oxygen atoms in total. The van der Waals surface area contributed by atoms with E-state index < -0.39 is 0 Å². The number of nitrogens with one attached hydrogen (secondary N) is 2. The molecule has 2 N–H and O–H groups in total. The van der Waals surface area contributed by atoms with E-state index in [2.05, 4.69) is 10.6 Å². The molecule has 0 fully saturated rings. The fraction of sp³-hybridized carbons (Fsp3) is 0.533. The van der Waals surface area contributed by atoms with Crippen LogP contribution >= 0.6 is 0 Å². The number of rotatable bonds is 6. The van der Waals surface area contributed by atoms with Gasteiger partial charge in [-0.1, -0.05) is 20.8 Å². The van der Waals surface area contributed by atoms with Gasteiger partial charge in [0.05, 0.1) is 0 Å². The first-order valence-electron chi connectivity index (χ1n) is 6.58. The second-order valence-electron chi connectivity index (χ2n) is 5.55. The molecule has 1 rings (SSSR count). The number of hydrogen-bond donors (Lipinski definition) is 2. The molecule has 1 aromatic carbocycles. The van der Waals surface area contributed by atoms with E-state index in [0.29, 0.717) is 0 Å². The molecule has 1 aromatic rings. The van der Waals surface area contributed by atoms with Crippen LogP contribution in [0.3, 0.4) is 0 Å². The minimum Gasteiger partial charge on any atom is -0.385 e. The van der Waals surface area contributed by atoms with Crippen molar-refractivity contribution in [2.24, 2.45) is 5.41 Å². The smallest absolute Gasteiger partial charge is 0.229 e. The van der Waals surface area contributed by atoms with Crippen LogP contribution in [0.25, 0.3) is 0 Å². The molecule has 1 amide bonds. The molecular formula is C15H24N2O2. The van der Waals surface area contributed by atoms with Gasteiger partial charge in [-0.3, -0.25) is 4.79 Å². The number of carbonyl (C=O) groups excluding carboxylic acids is 1. The molecule has 0 aromatic heterocycles. The van der Waals surface area contributed by atoms with Gasteiger partial charge in [0.15, 0.2) is 0 Å². The van der Waals surface area contributed by atoms with Gasteiger partial charge in [-0.05, 0) is 30.7 Å². The first-order chi connectivity index (χ1) is 8.93. The molecule has 0 heterocycles. The van der Waals surface area contributed by atoms with Gasteiger partial charge in [-0.2, -0.15) is 0 Å². The van der Waals surface area contributed by atoms with Crippen molar-refractivity contribution in [3.8, 4) is 0 Å². The zero-order chi connectivity index (χ0) is 14.3. The Hall–Kier alpha value is -1.55. The third-order valence-electron chi connectivity index (χ3n) is 2.68. The Morgan fingerprint density at radius 1 is 1.16 bits per heavy atom. The van der Waals surface area contributed by atoms with Crippen LogP contribution in [0.15, 0.2) is 24.3 Å². The molecule has 106 valence electrons. The number of methoxy groups -OCH3 is 1. The summed E-state index contributed by atoms with van der Waals surface area (Å²) in [6.45, 7) is 7.32. The average Bonchev–Trinajstić information content (AvgIpc) is 2.35. The first-order valence-corrected chi connectivity index (χ1v) is 6.58. The van der Waals surface area contributed by atoms with Gasteiger partial charge in [-0.25, -0.2) is 0 Å². The lowest BCUT2D eigenvalue weighted by atomic mass is 9.95. The molecule has 0 atom stereocenters. The van der Waals surface area contributed by atoms with E-state index >= 15 is 0 Å². The number of anilines is 2. The number of carbonyl (C=O) groups is 1. The summed E-state index contributed by atoms with van der Waals surface area (Å²) < 4.78 is 4.99. The second-order valence-corrected chi connectivity index (χ2v) is 5.55. The number of ether oxygens (including phenoxy) is 1. The Bertz CT molecular complexity index is 394. The molecule has 19 heavy (non-hydrogen) atoms. The lowest BCUT2D eigenvalue weighted by Crippen LogP contribution is -2.27. The summed E-state index contributed by atoms with van der Waals surface area (Å²) in [5, 5.41) is 6.20. The summed E-state index contributed by atoms with van der Waals surface area (Å²) >= 11 is 0. The summed E-state index contributed by atoms with van der Waals surface area (Å²) in [6.07, 6.45) is 0.971. The SMILES string of the molecule is COCCCNc1ccc(NC(=O)C(C)(C)C)cc1. The predicted octanol–water partition coefficient (Wildman–Crippen LogP) is 3.12. The fourth-order valence-corrected chi connectivity index (χ4v) is 1.44. The van der Waals surface area contributed by atoms with E-state index in [1.807, 2.05) is 45.0 Å². The third kappa shape index (κ3) is 5.75. The Balaban J connectivity index is 2.45. The molecule has 0 bridgehead atoms. The van der Waals surface area contributed by atoms with E-state index in [1.54, 1.807) is 7.11 Å². The van der Waals surface area contributed by atoms with E-state index in [9.17, 15) is 4.79 Å². The lowest BCUT2D eigenvalue weighted by Gasteiger charge is -2.17. The van der Waals surface area contributed by atoms with Gasteiger partial charge in [-0.15, -0.1) is 0 Å². The standard InChI is InChI=1S/C15H24N2O2/c1-15(2,3)14(18)17-13-8-6-12(7-9-13)16-10-5-11-19-4/h6-9,16H,5,10-11H2,1-4H3,(H,17,18). The van der Waals surface area contributed by atoms with Gasteiger partial charge in [0.2, 0.25) is 5.91 Å². The molecule has 0 aliphatic heterocycles. The van der Waals surface area contributed by atoms with Crippen LogP contribution in [0.4, 0.5) is 11.4 Å². The Morgan fingerprint density at radius 3 is 2.26 bits per heavy atom. The van der Waals surface area contributed by atoms with Crippen molar-refractivity contribution >= 4 is 17.3 Å². The van der Waals surface area contributed by atoms with Gasteiger partial charge < -0.3 is 15.4 Å². The van der Waals surface area contributed by atoms with Crippen molar-refractivity contribution in [3.63, 3.8) is 0 Å². The van der Waals surface area contributed by atoms with E-state index in [1.165, 1.54) is 0 Å². The van der Waals surface area contributed by atoms with Gasteiger partial charge in [0.25, 0.3) is 0 Å². The Labute approximate surface area is 115 Å². The van der Waals surface area contributed by atoms with Crippen molar-refractivity contribution in [1.82, 2.24) is 0 Å². The molecule has 0 radical (unpaired) electrons.